The lowest BCUT2D eigenvalue weighted by Crippen LogP contribution is -2.14. The number of amides is 1. The molecule has 0 bridgehead atoms. The summed E-state index contributed by atoms with van der Waals surface area (Å²) in [5.41, 5.74) is 0.850. The molecule has 1 aromatic heterocycles. The number of halogens is 1. The van der Waals surface area contributed by atoms with Gasteiger partial charge in [-0.15, -0.1) is 0 Å². The maximum absolute atomic E-state index is 12.0. The van der Waals surface area contributed by atoms with Crippen LogP contribution < -0.4 is 10.6 Å². The van der Waals surface area contributed by atoms with E-state index in [4.69, 9.17) is 16.3 Å². The molecule has 2 aromatic rings. The van der Waals surface area contributed by atoms with Crippen LogP contribution in [0.1, 0.15) is 16.9 Å². The van der Waals surface area contributed by atoms with Crippen LogP contribution in [0.2, 0.25) is 5.02 Å². The largest absolute Gasteiger partial charge is 0.385 e. The fraction of sp³-hybridized carbons (Fsp3) is 0.267. The van der Waals surface area contributed by atoms with Crippen molar-refractivity contribution in [3.8, 4) is 0 Å². The van der Waals surface area contributed by atoms with Crippen molar-refractivity contribution in [1.82, 2.24) is 9.97 Å². The lowest BCUT2D eigenvalue weighted by atomic mass is 10.3. The van der Waals surface area contributed by atoms with Gasteiger partial charge in [0.25, 0.3) is 5.91 Å². The van der Waals surface area contributed by atoms with Crippen LogP contribution in [0.4, 0.5) is 11.5 Å². The van der Waals surface area contributed by atoms with Gasteiger partial charge in [0.1, 0.15) is 11.5 Å². The third kappa shape index (κ3) is 4.98. The average molecular weight is 321 g/mol. The van der Waals surface area contributed by atoms with E-state index in [1.165, 1.54) is 12.4 Å². The number of rotatable bonds is 7. The molecule has 22 heavy (non-hydrogen) atoms. The molecular weight excluding hydrogens is 304 g/mol. The predicted molar refractivity (Wildman–Crippen MR) is 86.4 cm³/mol. The summed E-state index contributed by atoms with van der Waals surface area (Å²) in [7, 11) is 1.66. The number of nitrogens with zero attached hydrogens (tertiary/aromatic N) is 2. The van der Waals surface area contributed by atoms with Crippen molar-refractivity contribution in [3.63, 3.8) is 0 Å². The van der Waals surface area contributed by atoms with Crippen molar-refractivity contribution >= 4 is 29.0 Å². The Morgan fingerprint density at radius 1 is 1.32 bits per heavy atom. The average Bonchev–Trinajstić information content (AvgIpc) is 2.52. The molecule has 0 unspecified atom stereocenters. The zero-order valence-corrected chi connectivity index (χ0v) is 12.9. The molecule has 116 valence electrons. The second-order valence-corrected chi connectivity index (χ2v) is 4.96. The Hall–Kier alpha value is -2.18. The highest BCUT2D eigenvalue weighted by Crippen LogP contribution is 2.15. The van der Waals surface area contributed by atoms with Gasteiger partial charge in [-0.05, 0) is 24.6 Å². The van der Waals surface area contributed by atoms with Crippen LogP contribution in [0.25, 0.3) is 0 Å². The third-order valence-electron chi connectivity index (χ3n) is 2.80. The summed E-state index contributed by atoms with van der Waals surface area (Å²) in [6, 6.07) is 6.92. The van der Waals surface area contributed by atoms with Crippen LogP contribution in [0.15, 0.2) is 36.7 Å². The van der Waals surface area contributed by atoms with Gasteiger partial charge in [0, 0.05) is 31.0 Å². The molecule has 0 aliphatic rings. The summed E-state index contributed by atoms with van der Waals surface area (Å²) in [6.07, 6.45) is 3.83. The predicted octanol–water partition coefficient (Wildman–Crippen LogP) is 2.83. The van der Waals surface area contributed by atoms with Crippen molar-refractivity contribution in [2.75, 3.05) is 30.9 Å². The van der Waals surface area contributed by atoms with Gasteiger partial charge >= 0.3 is 0 Å². The number of ether oxygens (including phenoxy) is 1. The van der Waals surface area contributed by atoms with Crippen LogP contribution >= 0.6 is 11.6 Å². The lowest BCUT2D eigenvalue weighted by Gasteiger charge is -2.07. The molecule has 0 spiro atoms. The smallest absolute Gasteiger partial charge is 0.275 e. The number of anilines is 2. The molecular formula is C15H17ClN4O2. The molecule has 1 heterocycles. The number of hydrogen-bond donors (Lipinski definition) is 2. The monoisotopic (exact) mass is 320 g/mol. The number of aromatic nitrogens is 2. The number of methoxy groups -OCH3 is 1. The van der Waals surface area contributed by atoms with Crippen LogP contribution in [0.5, 0.6) is 0 Å². The highest BCUT2D eigenvalue weighted by Gasteiger charge is 2.08. The van der Waals surface area contributed by atoms with E-state index in [9.17, 15) is 4.79 Å². The van der Waals surface area contributed by atoms with Gasteiger partial charge in [-0.3, -0.25) is 4.79 Å². The molecule has 7 heteroatoms. The molecule has 0 aliphatic heterocycles. The van der Waals surface area contributed by atoms with Gasteiger partial charge in [-0.1, -0.05) is 17.7 Å². The first-order valence-electron chi connectivity index (χ1n) is 6.81. The second kappa shape index (κ2) is 8.31. The first-order valence-corrected chi connectivity index (χ1v) is 7.18. The van der Waals surface area contributed by atoms with Gasteiger partial charge in [0.15, 0.2) is 0 Å². The summed E-state index contributed by atoms with van der Waals surface area (Å²) >= 11 is 5.87. The van der Waals surface area contributed by atoms with Crippen LogP contribution in [-0.4, -0.2) is 36.1 Å². The summed E-state index contributed by atoms with van der Waals surface area (Å²) < 4.78 is 4.96. The zero-order valence-electron chi connectivity index (χ0n) is 12.2. The molecule has 1 aromatic carbocycles. The Morgan fingerprint density at radius 3 is 2.86 bits per heavy atom. The summed E-state index contributed by atoms with van der Waals surface area (Å²) in [5, 5.41) is 6.37. The fourth-order valence-electron chi connectivity index (χ4n) is 1.73. The first kappa shape index (κ1) is 16.2. The van der Waals surface area contributed by atoms with E-state index in [-0.39, 0.29) is 11.6 Å². The van der Waals surface area contributed by atoms with E-state index < -0.39 is 0 Å². The standard InChI is InChI=1S/C15H17ClN4O2/c1-22-7-3-6-17-14-10-18-13(9-19-14)15(21)20-12-5-2-4-11(16)8-12/h2,4-5,8-10H,3,6-7H2,1H3,(H,17,19)(H,20,21). The minimum Gasteiger partial charge on any atom is -0.385 e. The summed E-state index contributed by atoms with van der Waals surface area (Å²) in [6.45, 7) is 1.41. The minimum absolute atomic E-state index is 0.238. The Balaban J connectivity index is 1.90. The SMILES string of the molecule is COCCCNc1cnc(C(=O)Nc2cccc(Cl)c2)cn1. The minimum atomic E-state index is -0.333. The fourth-order valence-corrected chi connectivity index (χ4v) is 1.92. The number of carbonyl (C=O) groups excluding carboxylic acids is 1. The van der Waals surface area contributed by atoms with Crippen molar-refractivity contribution in [2.24, 2.45) is 0 Å². The van der Waals surface area contributed by atoms with Crippen molar-refractivity contribution in [3.05, 3.63) is 47.4 Å². The Bertz CT molecular complexity index is 619. The Morgan fingerprint density at radius 2 is 2.18 bits per heavy atom. The highest BCUT2D eigenvalue weighted by atomic mass is 35.5. The normalized spacial score (nSPS) is 10.3. The number of hydrogen-bond acceptors (Lipinski definition) is 5. The molecule has 2 N–H and O–H groups in total. The van der Waals surface area contributed by atoms with Crippen molar-refractivity contribution < 1.29 is 9.53 Å². The number of benzene rings is 1. The topological polar surface area (TPSA) is 76.1 Å². The van der Waals surface area contributed by atoms with Crippen LogP contribution in [0.3, 0.4) is 0 Å². The van der Waals surface area contributed by atoms with E-state index in [1.54, 1.807) is 31.4 Å². The molecule has 0 atom stereocenters. The zero-order chi connectivity index (χ0) is 15.8. The molecule has 0 aliphatic carbocycles. The maximum atomic E-state index is 12.0. The molecule has 0 saturated carbocycles. The third-order valence-corrected chi connectivity index (χ3v) is 3.03. The number of nitrogens with one attached hydrogen (secondary N) is 2. The van der Waals surface area contributed by atoms with Crippen molar-refractivity contribution in [1.29, 1.82) is 0 Å². The van der Waals surface area contributed by atoms with E-state index >= 15 is 0 Å². The van der Waals surface area contributed by atoms with Gasteiger partial charge < -0.3 is 15.4 Å². The van der Waals surface area contributed by atoms with Gasteiger partial charge in [0.05, 0.1) is 12.4 Å². The quantitative estimate of drug-likeness (QED) is 0.767. The highest BCUT2D eigenvalue weighted by molar-refractivity contribution is 6.30. The molecule has 0 saturated heterocycles. The van der Waals surface area contributed by atoms with E-state index in [0.717, 1.165) is 13.0 Å². The van der Waals surface area contributed by atoms with Gasteiger partial charge in [0.2, 0.25) is 0 Å². The molecule has 1 amide bonds. The molecule has 2 rings (SSSR count). The lowest BCUT2D eigenvalue weighted by molar-refractivity contribution is 0.102. The Kier molecular flexibility index (Phi) is 6.12. The maximum Gasteiger partial charge on any atom is 0.275 e. The van der Waals surface area contributed by atoms with Gasteiger partial charge in [-0.25, -0.2) is 9.97 Å². The summed E-state index contributed by atoms with van der Waals surface area (Å²) in [4.78, 5) is 20.3. The van der Waals surface area contributed by atoms with E-state index in [2.05, 4.69) is 20.6 Å². The first-order chi connectivity index (χ1) is 10.7. The summed E-state index contributed by atoms with van der Waals surface area (Å²) in [5.74, 6) is 0.288. The van der Waals surface area contributed by atoms with Crippen LogP contribution in [0, 0.1) is 0 Å². The molecule has 0 radical (unpaired) electrons. The molecule has 6 nitrogen and oxygen atoms in total. The van der Waals surface area contributed by atoms with Crippen LogP contribution in [-0.2, 0) is 4.74 Å². The second-order valence-electron chi connectivity index (χ2n) is 4.52. The van der Waals surface area contributed by atoms with E-state index in [1.807, 2.05) is 0 Å². The Labute approximate surface area is 133 Å². The number of carbonyl (C=O) groups is 1. The van der Waals surface area contributed by atoms with Crippen molar-refractivity contribution in [2.45, 2.75) is 6.42 Å². The molecule has 0 fully saturated rings. The van der Waals surface area contributed by atoms with Gasteiger partial charge in [-0.2, -0.15) is 0 Å². The van der Waals surface area contributed by atoms with E-state index in [0.29, 0.717) is 23.1 Å².